The van der Waals surface area contributed by atoms with Gasteiger partial charge in [0.25, 0.3) is 0 Å². The molecule has 0 aliphatic carbocycles. The van der Waals surface area contributed by atoms with Crippen LogP contribution in [0, 0.1) is 0 Å². The zero-order valence-corrected chi connectivity index (χ0v) is 16.8. The van der Waals surface area contributed by atoms with Crippen molar-refractivity contribution in [3.8, 4) is 0 Å². The van der Waals surface area contributed by atoms with Gasteiger partial charge in [-0.1, -0.05) is 0 Å². The fraction of sp³-hybridized carbons (Fsp3) is 0.529. The number of amides is 4. The Morgan fingerprint density at radius 2 is 1.77 bits per heavy atom. The summed E-state index contributed by atoms with van der Waals surface area (Å²) in [4.78, 5) is 65.8. The lowest BCUT2D eigenvalue weighted by atomic mass is 10.1. The highest BCUT2D eigenvalue weighted by molar-refractivity contribution is 5.94. The van der Waals surface area contributed by atoms with E-state index < -0.39 is 60.4 Å². The highest BCUT2D eigenvalue weighted by atomic mass is 16.4. The fourth-order valence-corrected chi connectivity index (χ4v) is 2.54. The van der Waals surface area contributed by atoms with Gasteiger partial charge in [-0.05, 0) is 13.3 Å². The third-order valence-electron chi connectivity index (χ3n) is 4.17. The Bertz CT molecular complexity index is 782. The Kier molecular flexibility index (Phi) is 10.1. The molecule has 0 fully saturated rings. The van der Waals surface area contributed by atoms with Crippen LogP contribution in [0.15, 0.2) is 12.5 Å². The van der Waals surface area contributed by atoms with E-state index in [0.717, 1.165) is 0 Å². The number of H-pyrrole nitrogens is 1. The second-order valence-electron chi connectivity index (χ2n) is 6.74. The van der Waals surface area contributed by atoms with Gasteiger partial charge in [0.15, 0.2) is 0 Å². The third kappa shape index (κ3) is 8.79. The Morgan fingerprint density at radius 1 is 1.13 bits per heavy atom. The van der Waals surface area contributed by atoms with Gasteiger partial charge in [0, 0.05) is 24.7 Å². The molecular formula is C17H27N7O7. The number of carbonyl (C=O) groups is 5. The van der Waals surface area contributed by atoms with Crippen LogP contribution < -0.4 is 27.4 Å². The van der Waals surface area contributed by atoms with E-state index in [4.69, 9.17) is 11.5 Å². The molecule has 14 nitrogen and oxygen atoms in total. The van der Waals surface area contributed by atoms with E-state index >= 15 is 0 Å². The molecular weight excluding hydrogens is 414 g/mol. The normalized spacial score (nSPS) is 14.5. The molecule has 0 saturated heterocycles. The molecule has 0 aliphatic rings. The van der Waals surface area contributed by atoms with E-state index in [0.29, 0.717) is 5.69 Å². The summed E-state index contributed by atoms with van der Waals surface area (Å²) in [5.41, 5.74) is 10.7. The first-order chi connectivity index (χ1) is 14.5. The molecule has 4 unspecified atom stereocenters. The molecule has 31 heavy (non-hydrogen) atoms. The molecule has 0 bridgehead atoms. The molecule has 0 aliphatic heterocycles. The second-order valence-corrected chi connectivity index (χ2v) is 6.74. The number of nitrogens with two attached hydrogens (primary N) is 2. The number of nitrogens with zero attached hydrogens (tertiary/aromatic N) is 1. The number of aliphatic carboxylic acids is 1. The van der Waals surface area contributed by atoms with Gasteiger partial charge >= 0.3 is 5.97 Å². The maximum atomic E-state index is 12.7. The van der Waals surface area contributed by atoms with Crippen LogP contribution in [0.25, 0.3) is 0 Å². The fourth-order valence-electron chi connectivity index (χ4n) is 2.54. The van der Waals surface area contributed by atoms with E-state index in [-0.39, 0.29) is 19.3 Å². The van der Waals surface area contributed by atoms with Crippen LogP contribution in [-0.4, -0.2) is 80.6 Å². The number of imidazole rings is 1. The number of hydrogen-bond acceptors (Lipinski definition) is 8. The maximum Gasteiger partial charge on any atom is 0.326 e. The molecule has 4 atom stereocenters. The van der Waals surface area contributed by atoms with E-state index in [1.54, 1.807) is 0 Å². The molecule has 1 aromatic heterocycles. The van der Waals surface area contributed by atoms with Crippen molar-refractivity contribution in [1.82, 2.24) is 25.9 Å². The van der Waals surface area contributed by atoms with Crippen LogP contribution in [0.2, 0.25) is 0 Å². The Morgan fingerprint density at radius 3 is 2.26 bits per heavy atom. The van der Waals surface area contributed by atoms with Crippen molar-refractivity contribution in [2.75, 3.05) is 6.54 Å². The summed E-state index contributed by atoms with van der Waals surface area (Å²) >= 11 is 0. The number of carboxylic acid groups (broad SMARTS) is 1. The number of rotatable bonds is 13. The first-order valence-electron chi connectivity index (χ1n) is 9.31. The minimum atomic E-state index is -1.43. The van der Waals surface area contributed by atoms with Crippen molar-refractivity contribution in [1.29, 1.82) is 0 Å². The third-order valence-corrected chi connectivity index (χ3v) is 4.17. The molecule has 172 valence electrons. The average molecular weight is 441 g/mol. The molecule has 0 spiro atoms. The number of aliphatic hydroxyl groups excluding tert-OH is 1. The zero-order chi connectivity index (χ0) is 23.6. The maximum absolute atomic E-state index is 12.7. The molecule has 10 N–H and O–H groups in total. The smallest absolute Gasteiger partial charge is 0.326 e. The second kappa shape index (κ2) is 12.2. The molecule has 1 aromatic rings. The van der Waals surface area contributed by atoms with Gasteiger partial charge in [-0.2, -0.15) is 0 Å². The lowest BCUT2D eigenvalue weighted by Gasteiger charge is -2.25. The predicted molar refractivity (Wildman–Crippen MR) is 105 cm³/mol. The Balaban J connectivity index is 2.95. The average Bonchev–Trinajstić information content (AvgIpc) is 3.20. The molecule has 0 radical (unpaired) electrons. The number of carbonyl (C=O) groups excluding carboxylic acids is 4. The van der Waals surface area contributed by atoms with Gasteiger partial charge in [0.1, 0.15) is 18.1 Å². The van der Waals surface area contributed by atoms with Crippen LogP contribution in [0.1, 0.15) is 25.5 Å². The highest BCUT2D eigenvalue weighted by Gasteiger charge is 2.31. The van der Waals surface area contributed by atoms with Crippen LogP contribution in [0.3, 0.4) is 0 Å². The molecule has 0 aromatic carbocycles. The molecule has 4 amide bonds. The molecule has 1 heterocycles. The number of carboxylic acids is 1. The topological polar surface area (TPSA) is 243 Å². The van der Waals surface area contributed by atoms with Crippen LogP contribution in [0.5, 0.6) is 0 Å². The molecule has 14 heteroatoms. The van der Waals surface area contributed by atoms with Crippen molar-refractivity contribution in [2.24, 2.45) is 11.5 Å². The van der Waals surface area contributed by atoms with Crippen molar-refractivity contribution in [3.63, 3.8) is 0 Å². The SMILES string of the molecule is CC(O)C(NC(=O)CN)C(=O)NC(CCC(N)=O)C(=O)NC(Cc1cnc[nH]1)C(=O)O. The minimum Gasteiger partial charge on any atom is -0.480 e. The quantitative estimate of drug-likeness (QED) is 0.149. The first-order valence-corrected chi connectivity index (χ1v) is 9.31. The molecule has 1 rings (SSSR count). The van der Waals surface area contributed by atoms with E-state index in [1.807, 2.05) is 0 Å². The largest absolute Gasteiger partial charge is 0.480 e. The number of aromatic nitrogens is 2. The summed E-state index contributed by atoms with van der Waals surface area (Å²) in [7, 11) is 0. The summed E-state index contributed by atoms with van der Waals surface area (Å²) < 4.78 is 0. The minimum absolute atomic E-state index is 0.111. The van der Waals surface area contributed by atoms with Gasteiger partial charge in [-0.15, -0.1) is 0 Å². The summed E-state index contributed by atoms with van der Waals surface area (Å²) in [5.74, 6) is -4.62. The van der Waals surface area contributed by atoms with E-state index in [9.17, 15) is 34.2 Å². The number of nitrogens with one attached hydrogen (secondary N) is 4. The van der Waals surface area contributed by atoms with Crippen LogP contribution in [0.4, 0.5) is 0 Å². The van der Waals surface area contributed by atoms with Crippen LogP contribution in [-0.2, 0) is 30.4 Å². The lowest BCUT2D eigenvalue weighted by molar-refractivity contribution is -0.142. The summed E-state index contributed by atoms with van der Waals surface area (Å²) in [6.07, 6.45) is 0.772. The standard InChI is InChI=1S/C17H27N7O7/c1-8(25)14(24-13(27)5-18)16(29)22-10(2-3-12(19)26)15(28)23-11(17(30)31)4-9-6-20-7-21-9/h6-8,10-11,14,25H,2-5,18H2,1H3,(H2,19,26)(H,20,21)(H,22,29)(H,23,28)(H,24,27)(H,30,31). The van der Waals surface area contributed by atoms with Gasteiger partial charge in [-0.25, -0.2) is 9.78 Å². The number of aliphatic hydroxyl groups is 1. The highest BCUT2D eigenvalue weighted by Crippen LogP contribution is 2.04. The Hall–Kier alpha value is -3.52. The number of aromatic amines is 1. The van der Waals surface area contributed by atoms with Crippen molar-refractivity contribution in [3.05, 3.63) is 18.2 Å². The summed E-state index contributed by atoms with van der Waals surface area (Å²) in [6, 6.07) is -4.15. The molecule has 0 saturated carbocycles. The van der Waals surface area contributed by atoms with Crippen LogP contribution >= 0.6 is 0 Å². The summed E-state index contributed by atoms with van der Waals surface area (Å²) in [6.45, 7) is 0.806. The van der Waals surface area contributed by atoms with Crippen molar-refractivity contribution >= 4 is 29.6 Å². The monoisotopic (exact) mass is 441 g/mol. The van der Waals surface area contributed by atoms with Gasteiger partial charge in [0.05, 0.1) is 19.0 Å². The van der Waals surface area contributed by atoms with Gasteiger partial charge in [-0.3, -0.25) is 19.2 Å². The Labute approximate surface area is 177 Å². The van der Waals surface area contributed by atoms with Crippen molar-refractivity contribution < 1.29 is 34.2 Å². The predicted octanol–water partition coefficient (Wildman–Crippen LogP) is -3.90. The summed E-state index contributed by atoms with van der Waals surface area (Å²) in [5, 5.41) is 26.0. The van der Waals surface area contributed by atoms with Crippen molar-refractivity contribution in [2.45, 2.75) is 50.4 Å². The van der Waals surface area contributed by atoms with Gasteiger partial charge < -0.3 is 42.6 Å². The first kappa shape index (κ1) is 25.5. The zero-order valence-electron chi connectivity index (χ0n) is 16.8. The number of hydrogen-bond donors (Lipinski definition) is 8. The lowest BCUT2D eigenvalue weighted by Crippen LogP contribution is -2.59. The van der Waals surface area contributed by atoms with Gasteiger partial charge in [0.2, 0.25) is 23.6 Å². The number of primary amides is 1. The van der Waals surface area contributed by atoms with E-state index in [2.05, 4.69) is 25.9 Å². The van der Waals surface area contributed by atoms with E-state index in [1.165, 1.54) is 19.4 Å².